The summed E-state index contributed by atoms with van der Waals surface area (Å²) in [6.45, 7) is 1.13. The molecule has 22 heavy (non-hydrogen) atoms. The van der Waals surface area contributed by atoms with Crippen LogP contribution in [0.25, 0.3) is 0 Å². The molecule has 0 radical (unpaired) electrons. The summed E-state index contributed by atoms with van der Waals surface area (Å²) >= 11 is 0. The summed E-state index contributed by atoms with van der Waals surface area (Å²) in [5.74, 6) is 0.158. The van der Waals surface area contributed by atoms with Crippen molar-refractivity contribution in [3.63, 3.8) is 0 Å². The number of hydrogen-bond donors (Lipinski definition) is 0. The molecule has 0 unspecified atom stereocenters. The van der Waals surface area contributed by atoms with E-state index in [1.54, 1.807) is 0 Å². The van der Waals surface area contributed by atoms with Crippen LogP contribution in [-0.2, 0) is 4.79 Å². The van der Waals surface area contributed by atoms with Gasteiger partial charge in [0.1, 0.15) is 0 Å². The van der Waals surface area contributed by atoms with E-state index in [1.165, 1.54) is 19.3 Å². The van der Waals surface area contributed by atoms with Gasteiger partial charge in [0.25, 0.3) is 5.92 Å². The van der Waals surface area contributed by atoms with Crippen molar-refractivity contribution in [3.05, 3.63) is 0 Å². The van der Waals surface area contributed by atoms with Gasteiger partial charge in [-0.25, -0.2) is 8.78 Å². The fourth-order valence-electron chi connectivity index (χ4n) is 6.77. The van der Waals surface area contributed by atoms with Crippen molar-refractivity contribution >= 4 is 5.91 Å². The number of amides is 1. The number of carbonyl (C=O) groups is 1. The maximum absolute atomic E-state index is 13.5. The second-order valence-corrected chi connectivity index (χ2v) is 9.15. The van der Waals surface area contributed by atoms with E-state index in [0.717, 1.165) is 37.0 Å². The molecule has 1 saturated heterocycles. The first kappa shape index (κ1) is 13.7. The Hall–Kier alpha value is -0.670. The second-order valence-electron chi connectivity index (χ2n) is 9.15. The zero-order valence-corrected chi connectivity index (χ0v) is 13.1. The molecule has 0 N–H and O–H groups in total. The molecular weight excluding hydrogens is 284 g/mol. The summed E-state index contributed by atoms with van der Waals surface area (Å²) in [4.78, 5) is 15.1. The molecule has 6 aliphatic rings. The lowest BCUT2D eigenvalue weighted by molar-refractivity contribution is -0.159. The third-order valence-electron chi connectivity index (χ3n) is 7.71. The fourth-order valence-corrected chi connectivity index (χ4v) is 6.77. The molecule has 0 aromatic rings. The zero-order chi connectivity index (χ0) is 15.2. The first-order valence-corrected chi connectivity index (χ1v) is 9.09. The number of piperidine rings is 1. The Balaban J connectivity index is 1.31. The lowest BCUT2D eigenvalue weighted by Crippen LogP contribution is -2.56. The monoisotopic (exact) mass is 309 g/mol. The molecule has 1 amide bonds. The molecule has 2 nitrogen and oxygen atoms in total. The van der Waals surface area contributed by atoms with E-state index < -0.39 is 11.3 Å². The molecule has 4 bridgehead atoms. The Labute approximate surface area is 130 Å². The van der Waals surface area contributed by atoms with Crippen LogP contribution in [0.15, 0.2) is 0 Å². The van der Waals surface area contributed by atoms with E-state index in [4.69, 9.17) is 0 Å². The highest BCUT2D eigenvalue weighted by Gasteiger charge is 2.71. The van der Waals surface area contributed by atoms with Crippen molar-refractivity contribution in [1.82, 2.24) is 4.90 Å². The quantitative estimate of drug-likeness (QED) is 0.720. The molecule has 122 valence electrons. The van der Waals surface area contributed by atoms with Crippen molar-refractivity contribution in [2.75, 3.05) is 13.1 Å². The van der Waals surface area contributed by atoms with Crippen molar-refractivity contribution in [2.24, 2.45) is 28.6 Å². The largest absolute Gasteiger partial charge is 0.342 e. The van der Waals surface area contributed by atoms with Crippen LogP contribution < -0.4 is 0 Å². The van der Waals surface area contributed by atoms with Gasteiger partial charge in [-0.3, -0.25) is 4.79 Å². The number of halogens is 2. The normalized spacial score (nSPS) is 47.0. The van der Waals surface area contributed by atoms with Crippen LogP contribution >= 0.6 is 0 Å². The molecule has 4 heteroatoms. The molecule has 0 aromatic carbocycles. The number of nitrogens with zero attached hydrogens (tertiary/aromatic N) is 1. The molecule has 1 spiro atoms. The highest BCUT2D eigenvalue weighted by atomic mass is 19.3. The van der Waals surface area contributed by atoms with Crippen molar-refractivity contribution < 1.29 is 13.6 Å². The molecule has 6 rings (SSSR count). The van der Waals surface area contributed by atoms with E-state index in [1.807, 2.05) is 4.90 Å². The summed E-state index contributed by atoms with van der Waals surface area (Å²) in [6.07, 6.45) is 8.32. The van der Waals surface area contributed by atoms with Crippen LogP contribution in [0.1, 0.15) is 57.8 Å². The molecular formula is C18H25F2NO. The summed E-state index contributed by atoms with van der Waals surface area (Å²) in [5.41, 5.74) is -0.851. The van der Waals surface area contributed by atoms with Gasteiger partial charge in [-0.2, -0.15) is 0 Å². The Kier molecular flexibility index (Phi) is 2.53. The highest BCUT2D eigenvalue weighted by Crippen LogP contribution is 2.66. The molecule has 0 aromatic heterocycles. The summed E-state index contributed by atoms with van der Waals surface area (Å²) in [5, 5.41) is 0. The van der Waals surface area contributed by atoms with Gasteiger partial charge in [-0.15, -0.1) is 0 Å². The van der Waals surface area contributed by atoms with Crippen molar-refractivity contribution in [3.8, 4) is 0 Å². The average Bonchev–Trinajstić information content (AvgIpc) is 2.97. The summed E-state index contributed by atoms with van der Waals surface area (Å²) in [7, 11) is 0. The number of hydrogen-bond acceptors (Lipinski definition) is 1. The number of rotatable bonds is 1. The minimum Gasteiger partial charge on any atom is -0.342 e. The van der Waals surface area contributed by atoms with E-state index in [2.05, 4.69) is 0 Å². The third-order valence-corrected chi connectivity index (χ3v) is 7.71. The first-order chi connectivity index (χ1) is 10.4. The van der Waals surface area contributed by atoms with E-state index in [-0.39, 0.29) is 11.8 Å². The predicted molar refractivity (Wildman–Crippen MR) is 78.4 cm³/mol. The Morgan fingerprint density at radius 3 is 1.77 bits per heavy atom. The van der Waals surface area contributed by atoms with Gasteiger partial charge >= 0.3 is 0 Å². The maximum atomic E-state index is 13.5. The van der Waals surface area contributed by atoms with Gasteiger partial charge in [0.2, 0.25) is 5.91 Å². The standard InChI is InChI=1S/C18H25F2NO/c19-18(20)11-17(18)1-3-21(4-2-17)15(22)16-8-12-5-13(9-16)7-14(6-12)10-16/h12-14H,1-11H2. The smallest absolute Gasteiger partial charge is 0.254 e. The number of likely N-dealkylation sites (tertiary alicyclic amines) is 1. The minimum atomic E-state index is -2.46. The van der Waals surface area contributed by atoms with Crippen molar-refractivity contribution in [1.29, 1.82) is 0 Å². The lowest BCUT2D eigenvalue weighted by Gasteiger charge is -2.57. The van der Waals surface area contributed by atoms with E-state index >= 15 is 0 Å². The Morgan fingerprint density at radius 2 is 1.36 bits per heavy atom. The van der Waals surface area contributed by atoms with Crippen LogP contribution in [0.5, 0.6) is 0 Å². The minimum absolute atomic E-state index is 0.0550. The van der Waals surface area contributed by atoms with Crippen LogP contribution in [-0.4, -0.2) is 29.8 Å². The summed E-state index contributed by atoms with van der Waals surface area (Å²) in [6, 6.07) is 0. The SMILES string of the molecule is O=C(N1CCC2(CC1)CC2(F)F)C12CC3CC(CC(C3)C1)C2. The lowest BCUT2D eigenvalue weighted by atomic mass is 9.49. The molecule has 1 aliphatic heterocycles. The average molecular weight is 309 g/mol. The van der Waals surface area contributed by atoms with E-state index in [0.29, 0.717) is 31.8 Å². The first-order valence-electron chi connectivity index (χ1n) is 9.09. The summed E-state index contributed by atoms with van der Waals surface area (Å²) < 4.78 is 27.0. The topological polar surface area (TPSA) is 20.3 Å². The molecule has 1 heterocycles. The van der Waals surface area contributed by atoms with Gasteiger partial charge in [0.05, 0.1) is 5.41 Å². The van der Waals surface area contributed by atoms with Gasteiger partial charge < -0.3 is 4.90 Å². The molecule has 5 aliphatic carbocycles. The second kappa shape index (κ2) is 4.05. The molecule has 0 atom stereocenters. The Morgan fingerprint density at radius 1 is 0.909 bits per heavy atom. The molecule has 5 saturated carbocycles. The number of alkyl halides is 2. The van der Waals surface area contributed by atoms with Gasteiger partial charge in [-0.1, -0.05) is 0 Å². The van der Waals surface area contributed by atoms with Gasteiger partial charge in [-0.05, 0) is 69.1 Å². The fraction of sp³-hybridized carbons (Fsp3) is 0.944. The zero-order valence-electron chi connectivity index (χ0n) is 13.1. The van der Waals surface area contributed by atoms with Gasteiger partial charge in [0, 0.05) is 24.9 Å². The molecule has 6 fully saturated rings. The van der Waals surface area contributed by atoms with Crippen LogP contribution in [0, 0.1) is 28.6 Å². The predicted octanol–water partition coefficient (Wildman–Crippen LogP) is 3.85. The van der Waals surface area contributed by atoms with Crippen molar-refractivity contribution in [2.45, 2.75) is 63.7 Å². The van der Waals surface area contributed by atoms with E-state index in [9.17, 15) is 13.6 Å². The highest BCUT2D eigenvalue weighted by molar-refractivity contribution is 5.83. The van der Waals surface area contributed by atoms with Crippen LogP contribution in [0.4, 0.5) is 8.78 Å². The number of carbonyl (C=O) groups excluding carboxylic acids is 1. The van der Waals surface area contributed by atoms with Crippen LogP contribution in [0.2, 0.25) is 0 Å². The Bertz CT molecular complexity index is 486. The van der Waals surface area contributed by atoms with Gasteiger partial charge in [0.15, 0.2) is 0 Å². The maximum Gasteiger partial charge on any atom is 0.254 e. The third kappa shape index (κ3) is 1.73. The van der Waals surface area contributed by atoms with Crippen LogP contribution in [0.3, 0.4) is 0 Å².